The highest BCUT2D eigenvalue weighted by Crippen LogP contribution is 2.22. The summed E-state index contributed by atoms with van der Waals surface area (Å²) in [6.07, 6.45) is 2.19. The highest BCUT2D eigenvalue weighted by molar-refractivity contribution is 6.22. The maximum atomic E-state index is 12.8. The zero-order valence-corrected chi connectivity index (χ0v) is 15.8. The van der Waals surface area contributed by atoms with Crippen molar-refractivity contribution in [3.63, 3.8) is 0 Å². The molecule has 2 aromatic rings. The summed E-state index contributed by atoms with van der Waals surface area (Å²) in [5.41, 5.74) is 1.03. The van der Waals surface area contributed by atoms with Gasteiger partial charge in [-0.3, -0.25) is 29.1 Å². The van der Waals surface area contributed by atoms with Gasteiger partial charge in [-0.2, -0.15) is 0 Å². The monoisotopic (exact) mass is 392 g/mol. The second-order valence-electron chi connectivity index (χ2n) is 6.98. The Morgan fingerprint density at radius 1 is 0.828 bits per heavy atom. The van der Waals surface area contributed by atoms with Crippen LogP contribution in [0.2, 0.25) is 0 Å². The molecule has 3 heterocycles. The largest absolute Gasteiger partial charge is 0.339 e. The molecule has 2 aliphatic heterocycles. The Morgan fingerprint density at radius 3 is 2.10 bits per heavy atom. The van der Waals surface area contributed by atoms with E-state index in [0.717, 1.165) is 4.90 Å². The Kier molecular flexibility index (Phi) is 5.07. The molecule has 8 heteroatoms. The summed E-state index contributed by atoms with van der Waals surface area (Å²) in [6.45, 7) is 1.42. The second kappa shape index (κ2) is 7.83. The van der Waals surface area contributed by atoms with Crippen molar-refractivity contribution in [3.8, 4) is 0 Å². The molecule has 4 rings (SSSR count). The van der Waals surface area contributed by atoms with Crippen molar-refractivity contribution in [2.24, 2.45) is 0 Å². The van der Waals surface area contributed by atoms with E-state index in [9.17, 15) is 19.2 Å². The molecule has 0 radical (unpaired) electrons. The Bertz CT molecular complexity index is 941. The number of fused-ring (bicyclic) bond motifs is 1. The predicted octanol–water partition coefficient (Wildman–Crippen LogP) is 1.05. The van der Waals surface area contributed by atoms with Crippen LogP contribution >= 0.6 is 0 Å². The van der Waals surface area contributed by atoms with E-state index in [2.05, 4.69) is 4.98 Å². The molecule has 0 atom stereocenters. The van der Waals surface area contributed by atoms with Crippen molar-refractivity contribution in [1.29, 1.82) is 0 Å². The number of imide groups is 1. The zero-order valence-electron chi connectivity index (χ0n) is 15.8. The van der Waals surface area contributed by atoms with Gasteiger partial charge >= 0.3 is 0 Å². The summed E-state index contributed by atoms with van der Waals surface area (Å²) in [5.74, 6) is -1.35. The lowest BCUT2D eigenvalue weighted by atomic mass is 10.1. The molecular weight excluding hydrogens is 372 g/mol. The molecule has 4 amide bonds. The summed E-state index contributed by atoms with van der Waals surface area (Å²) >= 11 is 0. The Labute approximate surface area is 167 Å². The predicted molar refractivity (Wildman–Crippen MR) is 103 cm³/mol. The standard InChI is InChI=1S/C21H20N4O4/c26-18(14-25-19(27)15-6-1-2-7-16(15)20(25)28)23-10-5-11-24(13-12-23)21(29)17-8-3-4-9-22-17/h1-4,6-9H,5,10-14H2. The third kappa shape index (κ3) is 3.61. The van der Waals surface area contributed by atoms with Crippen LogP contribution in [-0.4, -0.2) is 76.0 Å². The minimum absolute atomic E-state index is 0.166. The SMILES string of the molecule is O=C(CN1C(=O)c2ccccc2C1=O)N1CCCN(C(=O)c2ccccn2)CC1. The molecule has 1 aromatic carbocycles. The van der Waals surface area contributed by atoms with Gasteiger partial charge in [-0.25, -0.2) is 0 Å². The van der Waals surface area contributed by atoms with Gasteiger partial charge in [-0.05, 0) is 30.7 Å². The quantitative estimate of drug-likeness (QED) is 0.729. The molecule has 148 valence electrons. The van der Waals surface area contributed by atoms with Crippen molar-refractivity contribution in [3.05, 3.63) is 65.5 Å². The first-order valence-electron chi connectivity index (χ1n) is 9.49. The summed E-state index contributed by atoms with van der Waals surface area (Å²) < 4.78 is 0. The molecule has 0 unspecified atom stereocenters. The number of pyridine rings is 1. The Morgan fingerprint density at radius 2 is 1.45 bits per heavy atom. The van der Waals surface area contributed by atoms with Crippen LogP contribution in [0.4, 0.5) is 0 Å². The first-order chi connectivity index (χ1) is 14.1. The van der Waals surface area contributed by atoms with Crippen LogP contribution in [0.15, 0.2) is 48.7 Å². The maximum absolute atomic E-state index is 12.8. The number of carbonyl (C=O) groups is 4. The molecule has 1 aromatic heterocycles. The van der Waals surface area contributed by atoms with Crippen molar-refractivity contribution < 1.29 is 19.2 Å². The molecule has 2 aliphatic rings. The molecule has 0 aliphatic carbocycles. The number of benzene rings is 1. The van der Waals surface area contributed by atoms with Crippen LogP contribution < -0.4 is 0 Å². The number of nitrogens with zero attached hydrogens (tertiary/aromatic N) is 4. The summed E-state index contributed by atoms with van der Waals surface area (Å²) in [6, 6.07) is 11.7. The fourth-order valence-electron chi connectivity index (χ4n) is 3.64. The van der Waals surface area contributed by atoms with E-state index in [-0.39, 0.29) is 18.4 Å². The minimum Gasteiger partial charge on any atom is -0.339 e. The minimum atomic E-state index is -0.444. The van der Waals surface area contributed by atoms with Gasteiger partial charge in [0.05, 0.1) is 11.1 Å². The average Bonchev–Trinajstić information content (AvgIpc) is 2.93. The van der Waals surface area contributed by atoms with Crippen LogP contribution in [0.1, 0.15) is 37.6 Å². The lowest BCUT2D eigenvalue weighted by Gasteiger charge is -2.24. The van der Waals surface area contributed by atoms with Gasteiger partial charge in [0.2, 0.25) is 5.91 Å². The molecule has 8 nitrogen and oxygen atoms in total. The zero-order chi connectivity index (χ0) is 20.4. The van der Waals surface area contributed by atoms with E-state index >= 15 is 0 Å². The molecule has 0 bridgehead atoms. The molecule has 0 spiro atoms. The maximum Gasteiger partial charge on any atom is 0.272 e. The van der Waals surface area contributed by atoms with Crippen LogP contribution in [0.25, 0.3) is 0 Å². The number of aromatic nitrogens is 1. The molecule has 1 fully saturated rings. The third-order valence-corrected chi connectivity index (χ3v) is 5.19. The van der Waals surface area contributed by atoms with Crippen LogP contribution in [0, 0.1) is 0 Å². The van der Waals surface area contributed by atoms with E-state index in [4.69, 9.17) is 0 Å². The fourth-order valence-corrected chi connectivity index (χ4v) is 3.64. The van der Waals surface area contributed by atoms with E-state index < -0.39 is 11.8 Å². The van der Waals surface area contributed by atoms with E-state index in [1.54, 1.807) is 58.5 Å². The fraction of sp³-hybridized carbons (Fsp3) is 0.286. The lowest BCUT2D eigenvalue weighted by Crippen LogP contribution is -2.44. The van der Waals surface area contributed by atoms with Crippen LogP contribution in [-0.2, 0) is 4.79 Å². The molecule has 0 saturated carbocycles. The van der Waals surface area contributed by atoms with Crippen molar-refractivity contribution in [1.82, 2.24) is 19.7 Å². The number of amides is 4. The van der Waals surface area contributed by atoms with Gasteiger partial charge in [0, 0.05) is 32.4 Å². The number of hydrogen-bond acceptors (Lipinski definition) is 5. The molecule has 29 heavy (non-hydrogen) atoms. The highest BCUT2D eigenvalue weighted by atomic mass is 16.2. The van der Waals surface area contributed by atoms with Gasteiger partial charge < -0.3 is 9.80 Å². The average molecular weight is 392 g/mol. The lowest BCUT2D eigenvalue weighted by molar-refractivity contribution is -0.131. The summed E-state index contributed by atoms with van der Waals surface area (Å²) in [4.78, 5) is 58.6. The Balaban J connectivity index is 1.39. The third-order valence-electron chi connectivity index (χ3n) is 5.19. The number of rotatable bonds is 3. The van der Waals surface area contributed by atoms with E-state index in [0.29, 0.717) is 49.4 Å². The summed E-state index contributed by atoms with van der Waals surface area (Å²) in [7, 11) is 0. The molecular formula is C21H20N4O4. The normalized spacial score (nSPS) is 16.6. The van der Waals surface area contributed by atoms with Gasteiger partial charge in [0.1, 0.15) is 12.2 Å². The first kappa shape index (κ1) is 18.8. The van der Waals surface area contributed by atoms with Crippen LogP contribution in [0.3, 0.4) is 0 Å². The topological polar surface area (TPSA) is 90.9 Å². The summed E-state index contributed by atoms with van der Waals surface area (Å²) in [5, 5.41) is 0. The van der Waals surface area contributed by atoms with E-state index in [1.165, 1.54) is 0 Å². The van der Waals surface area contributed by atoms with Crippen molar-refractivity contribution in [2.75, 3.05) is 32.7 Å². The van der Waals surface area contributed by atoms with E-state index in [1.807, 2.05) is 0 Å². The van der Waals surface area contributed by atoms with Gasteiger partial charge in [-0.15, -0.1) is 0 Å². The van der Waals surface area contributed by atoms with Crippen molar-refractivity contribution in [2.45, 2.75) is 6.42 Å². The highest BCUT2D eigenvalue weighted by Gasteiger charge is 2.37. The molecule has 0 N–H and O–H groups in total. The Hall–Kier alpha value is -3.55. The number of carbonyl (C=O) groups excluding carboxylic acids is 4. The van der Waals surface area contributed by atoms with Gasteiger partial charge in [-0.1, -0.05) is 18.2 Å². The van der Waals surface area contributed by atoms with Gasteiger partial charge in [0.15, 0.2) is 0 Å². The first-order valence-corrected chi connectivity index (χ1v) is 9.49. The molecule has 1 saturated heterocycles. The van der Waals surface area contributed by atoms with Crippen LogP contribution in [0.5, 0.6) is 0 Å². The smallest absolute Gasteiger partial charge is 0.272 e. The second-order valence-corrected chi connectivity index (χ2v) is 6.98. The number of hydrogen-bond donors (Lipinski definition) is 0. The van der Waals surface area contributed by atoms with Crippen molar-refractivity contribution >= 4 is 23.6 Å². The van der Waals surface area contributed by atoms with Gasteiger partial charge in [0.25, 0.3) is 17.7 Å².